The van der Waals surface area contributed by atoms with Gasteiger partial charge < -0.3 is 9.80 Å². The van der Waals surface area contributed by atoms with Crippen molar-refractivity contribution in [3.8, 4) is 0 Å². The molecule has 146 valence electrons. The van der Waals surface area contributed by atoms with Crippen molar-refractivity contribution in [2.45, 2.75) is 19.3 Å². The third-order valence-corrected chi connectivity index (χ3v) is 5.28. The molecule has 1 saturated heterocycles. The smallest absolute Gasteiger partial charge is 0.253 e. The SMILES string of the molecule is CN(C)C(=O)c1ccc(/C=C/C(=O)N2CCC(Cc3ccccc3)CC2)cc1. The van der Waals surface area contributed by atoms with Gasteiger partial charge in [-0.1, -0.05) is 42.5 Å². The van der Waals surface area contributed by atoms with E-state index in [2.05, 4.69) is 24.3 Å². The minimum absolute atomic E-state index is 0.0232. The van der Waals surface area contributed by atoms with Gasteiger partial charge in [0.2, 0.25) is 5.91 Å². The van der Waals surface area contributed by atoms with Crippen LogP contribution in [0.1, 0.15) is 34.3 Å². The van der Waals surface area contributed by atoms with Crippen molar-refractivity contribution in [3.05, 3.63) is 77.4 Å². The molecule has 1 fully saturated rings. The van der Waals surface area contributed by atoms with Gasteiger partial charge >= 0.3 is 0 Å². The van der Waals surface area contributed by atoms with Crippen LogP contribution in [0.2, 0.25) is 0 Å². The van der Waals surface area contributed by atoms with E-state index in [0.29, 0.717) is 11.5 Å². The molecule has 0 aliphatic carbocycles. The second-order valence-electron chi connectivity index (χ2n) is 7.61. The van der Waals surface area contributed by atoms with Crippen LogP contribution in [0.5, 0.6) is 0 Å². The predicted molar refractivity (Wildman–Crippen MR) is 113 cm³/mol. The highest BCUT2D eigenvalue weighted by Crippen LogP contribution is 2.22. The molecule has 2 aromatic carbocycles. The van der Waals surface area contributed by atoms with E-state index in [9.17, 15) is 9.59 Å². The van der Waals surface area contributed by atoms with Gasteiger partial charge in [-0.25, -0.2) is 0 Å². The number of likely N-dealkylation sites (tertiary alicyclic amines) is 1. The number of carbonyl (C=O) groups is 2. The van der Waals surface area contributed by atoms with E-state index in [1.54, 1.807) is 37.2 Å². The van der Waals surface area contributed by atoms with Crippen LogP contribution in [-0.4, -0.2) is 48.8 Å². The Hall–Kier alpha value is -2.88. The van der Waals surface area contributed by atoms with Gasteiger partial charge in [-0.2, -0.15) is 0 Å². The Morgan fingerprint density at radius 1 is 1.00 bits per heavy atom. The number of rotatable bonds is 5. The van der Waals surface area contributed by atoms with Crippen LogP contribution in [0, 0.1) is 5.92 Å². The quantitative estimate of drug-likeness (QED) is 0.743. The molecule has 2 amide bonds. The van der Waals surface area contributed by atoms with Crippen molar-refractivity contribution >= 4 is 17.9 Å². The van der Waals surface area contributed by atoms with Crippen LogP contribution in [0.25, 0.3) is 6.08 Å². The molecule has 0 unspecified atom stereocenters. The summed E-state index contributed by atoms with van der Waals surface area (Å²) in [6, 6.07) is 17.9. The fraction of sp³-hybridized carbons (Fsp3) is 0.333. The summed E-state index contributed by atoms with van der Waals surface area (Å²) in [5.74, 6) is 0.689. The average Bonchev–Trinajstić information content (AvgIpc) is 2.73. The van der Waals surface area contributed by atoms with Crippen molar-refractivity contribution in [2.75, 3.05) is 27.2 Å². The third kappa shape index (κ3) is 5.32. The van der Waals surface area contributed by atoms with Gasteiger partial charge in [-0.15, -0.1) is 0 Å². The maximum Gasteiger partial charge on any atom is 0.253 e. The number of piperidine rings is 1. The van der Waals surface area contributed by atoms with Crippen LogP contribution in [0.15, 0.2) is 60.7 Å². The largest absolute Gasteiger partial charge is 0.345 e. The van der Waals surface area contributed by atoms with E-state index in [1.807, 2.05) is 29.2 Å². The monoisotopic (exact) mass is 376 g/mol. The van der Waals surface area contributed by atoms with Gasteiger partial charge in [-0.3, -0.25) is 9.59 Å². The molecule has 0 bridgehead atoms. The fourth-order valence-corrected chi connectivity index (χ4v) is 3.57. The van der Waals surface area contributed by atoms with Crippen molar-refractivity contribution in [2.24, 2.45) is 5.92 Å². The number of amides is 2. The number of nitrogens with zero attached hydrogens (tertiary/aromatic N) is 2. The summed E-state index contributed by atoms with van der Waals surface area (Å²) < 4.78 is 0. The van der Waals surface area contributed by atoms with Crippen LogP contribution < -0.4 is 0 Å². The molecule has 0 aromatic heterocycles. The maximum absolute atomic E-state index is 12.5. The molecule has 1 aliphatic rings. The van der Waals surface area contributed by atoms with Crippen molar-refractivity contribution in [1.82, 2.24) is 9.80 Å². The summed E-state index contributed by atoms with van der Waals surface area (Å²) in [7, 11) is 3.47. The maximum atomic E-state index is 12.5. The average molecular weight is 377 g/mol. The standard InChI is InChI=1S/C24H28N2O2/c1-25(2)24(28)22-11-8-19(9-12-22)10-13-23(27)26-16-14-21(15-17-26)18-20-6-4-3-5-7-20/h3-13,21H,14-18H2,1-2H3/b13-10+. The summed E-state index contributed by atoms with van der Waals surface area (Å²) >= 11 is 0. The lowest BCUT2D eigenvalue weighted by Gasteiger charge is -2.31. The van der Waals surface area contributed by atoms with Crippen molar-refractivity contribution in [3.63, 3.8) is 0 Å². The molecule has 4 heteroatoms. The van der Waals surface area contributed by atoms with E-state index in [1.165, 1.54) is 5.56 Å². The van der Waals surface area contributed by atoms with Gasteiger partial charge in [0.1, 0.15) is 0 Å². The van der Waals surface area contributed by atoms with Gasteiger partial charge in [0, 0.05) is 38.8 Å². The second kappa shape index (κ2) is 9.36. The van der Waals surface area contributed by atoms with Crippen molar-refractivity contribution < 1.29 is 9.59 Å². The number of hydrogen-bond donors (Lipinski definition) is 0. The Morgan fingerprint density at radius 2 is 1.64 bits per heavy atom. The molecule has 4 nitrogen and oxygen atoms in total. The van der Waals surface area contributed by atoms with E-state index >= 15 is 0 Å². The first kappa shape index (κ1) is 19.9. The van der Waals surface area contributed by atoms with Crippen LogP contribution in [0.3, 0.4) is 0 Å². The summed E-state index contributed by atoms with van der Waals surface area (Å²) in [6.45, 7) is 1.63. The first-order valence-corrected chi connectivity index (χ1v) is 9.85. The van der Waals surface area contributed by atoms with Crippen molar-refractivity contribution in [1.29, 1.82) is 0 Å². The molecule has 0 atom stereocenters. The third-order valence-electron chi connectivity index (χ3n) is 5.28. The zero-order valence-electron chi connectivity index (χ0n) is 16.7. The Balaban J connectivity index is 1.49. The molecular formula is C24H28N2O2. The lowest BCUT2D eigenvalue weighted by atomic mass is 9.90. The van der Waals surface area contributed by atoms with Gasteiger partial charge in [0.15, 0.2) is 0 Å². The summed E-state index contributed by atoms with van der Waals surface area (Å²) in [6.07, 6.45) is 6.66. The van der Waals surface area contributed by atoms with E-state index in [-0.39, 0.29) is 11.8 Å². The predicted octanol–water partition coefficient (Wildman–Crippen LogP) is 3.88. The summed E-state index contributed by atoms with van der Waals surface area (Å²) in [5, 5.41) is 0. The Kier molecular flexibility index (Phi) is 6.64. The van der Waals surface area contributed by atoms with Crippen LogP contribution in [0.4, 0.5) is 0 Å². The zero-order chi connectivity index (χ0) is 19.9. The zero-order valence-corrected chi connectivity index (χ0v) is 16.7. The second-order valence-corrected chi connectivity index (χ2v) is 7.61. The molecule has 0 spiro atoms. The molecule has 0 N–H and O–H groups in total. The highest BCUT2D eigenvalue weighted by atomic mass is 16.2. The van der Waals surface area contributed by atoms with Gasteiger partial charge in [0.25, 0.3) is 5.91 Å². The highest BCUT2D eigenvalue weighted by Gasteiger charge is 2.21. The van der Waals surface area contributed by atoms with Crippen LogP contribution >= 0.6 is 0 Å². The molecule has 28 heavy (non-hydrogen) atoms. The Labute approximate surface area is 167 Å². The molecule has 2 aromatic rings. The lowest BCUT2D eigenvalue weighted by Crippen LogP contribution is -2.37. The molecular weight excluding hydrogens is 348 g/mol. The number of hydrogen-bond acceptors (Lipinski definition) is 2. The Bertz CT molecular complexity index is 817. The lowest BCUT2D eigenvalue weighted by molar-refractivity contribution is -0.127. The highest BCUT2D eigenvalue weighted by molar-refractivity contribution is 5.94. The number of benzene rings is 2. The molecule has 0 saturated carbocycles. The molecule has 1 heterocycles. The minimum atomic E-state index is -0.0232. The molecule has 0 radical (unpaired) electrons. The molecule has 1 aliphatic heterocycles. The molecule has 3 rings (SSSR count). The topological polar surface area (TPSA) is 40.6 Å². The van der Waals surface area contributed by atoms with Gasteiger partial charge in [-0.05, 0) is 54.5 Å². The normalized spacial score (nSPS) is 15.0. The van der Waals surface area contributed by atoms with Crippen LogP contribution in [-0.2, 0) is 11.2 Å². The van der Waals surface area contributed by atoms with E-state index < -0.39 is 0 Å². The minimum Gasteiger partial charge on any atom is -0.345 e. The van der Waals surface area contributed by atoms with E-state index in [4.69, 9.17) is 0 Å². The van der Waals surface area contributed by atoms with Gasteiger partial charge in [0.05, 0.1) is 0 Å². The van der Waals surface area contributed by atoms with E-state index in [0.717, 1.165) is 37.9 Å². The first-order chi connectivity index (χ1) is 13.5. The summed E-state index contributed by atoms with van der Waals surface area (Å²) in [4.78, 5) is 27.9. The number of carbonyl (C=O) groups excluding carboxylic acids is 2. The fourth-order valence-electron chi connectivity index (χ4n) is 3.57. The summed E-state index contributed by atoms with van der Waals surface area (Å²) in [5.41, 5.74) is 2.94. The first-order valence-electron chi connectivity index (χ1n) is 9.85. The Morgan fingerprint density at radius 3 is 2.25 bits per heavy atom.